The molecule has 1 aromatic carbocycles. The number of nitrogens with zero attached hydrogens (tertiary/aromatic N) is 2. The van der Waals surface area contributed by atoms with E-state index < -0.39 is 0 Å². The van der Waals surface area contributed by atoms with Crippen LogP contribution >= 0.6 is 24.0 Å². The first-order valence-corrected chi connectivity index (χ1v) is 11.6. The minimum atomic E-state index is 0. The maximum Gasteiger partial charge on any atom is 0.220 e. The molecule has 180 valence electrons. The molecule has 0 bridgehead atoms. The van der Waals surface area contributed by atoms with Gasteiger partial charge in [0.25, 0.3) is 0 Å². The number of carbonyl (C=O) groups is 1. The van der Waals surface area contributed by atoms with Crippen molar-refractivity contribution >= 4 is 35.8 Å². The van der Waals surface area contributed by atoms with Gasteiger partial charge >= 0.3 is 0 Å². The van der Waals surface area contributed by atoms with Gasteiger partial charge in [0.2, 0.25) is 5.91 Å². The average molecular weight is 559 g/mol. The number of amides is 1. The van der Waals surface area contributed by atoms with Gasteiger partial charge < -0.3 is 25.0 Å². The van der Waals surface area contributed by atoms with Crippen molar-refractivity contribution in [3.8, 4) is 5.75 Å². The fourth-order valence-electron chi connectivity index (χ4n) is 4.69. The summed E-state index contributed by atoms with van der Waals surface area (Å²) in [6, 6.07) is 8.54. The van der Waals surface area contributed by atoms with Crippen LogP contribution in [0.2, 0.25) is 0 Å². The Morgan fingerprint density at radius 3 is 2.44 bits per heavy atom. The molecule has 1 aromatic rings. The Bertz CT molecular complexity index is 727. The standard InChI is InChI=1S/C24H38N4O3.HI/c1-4-31-21-7-5-20(6-8-21)24(11-15-30-16-12-24)18-27-23(26-3)28-13-9-19(10-14-28)17-22(29)25-2;/h5-8,19H,4,9-18H2,1-3H3,(H,25,29)(H,26,27);1H. The van der Waals surface area contributed by atoms with E-state index >= 15 is 0 Å². The summed E-state index contributed by atoms with van der Waals surface area (Å²) >= 11 is 0. The predicted octanol–water partition coefficient (Wildman–Crippen LogP) is 3.18. The SMILES string of the molecule is CCOc1ccc(C2(CNC(=NC)N3CCC(CC(=O)NC)CC3)CCOCC2)cc1.I. The van der Waals surface area contributed by atoms with Crippen LogP contribution in [-0.4, -0.2) is 70.3 Å². The number of guanidine groups is 1. The number of hydrogen-bond acceptors (Lipinski definition) is 4. The molecule has 7 nitrogen and oxygen atoms in total. The Balaban J connectivity index is 0.00000363. The molecular weight excluding hydrogens is 519 g/mol. The lowest BCUT2D eigenvalue weighted by Crippen LogP contribution is -2.51. The number of carbonyl (C=O) groups excluding carboxylic acids is 1. The third kappa shape index (κ3) is 6.97. The maximum absolute atomic E-state index is 11.7. The van der Waals surface area contributed by atoms with Crippen molar-refractivity contribution < 1.29 is 14.3 Å². The van der Waals surface area contributed by atoms with E-state index in [-0.39, 0.29) is 35.3 Å². The first-order chi connectivity index (χ1) is 15.1. The molecule has 2 saturated heterocycles. The Hall–Kier alpha value is -1.55. The molecule has 2 heterocycles. The van der Waals surface area contributed by atoms with E-state index in [0.29, 0.717) is 18.9 Å². The van der Waals surface area contributed by atoms with Crippen molar-refractivity contribution in [2.75, 3.05) is 53.6 Å². The van der Waals surface area contributed by atoms with Gasteiger partial charge in [-0.1, -0.05) is 12.1 Å². The number of piperidine rings is 1. The van der Waals surface area contributed by atoms with E-state index in [0.717, 1.165) is 70.2 Å². The smallest absolute Gasteiger partial charge is 0.220 e. The minimum absolute atomic E-state index is 0. The van der Waals surface area contributed by atoms with Crippen LogP contribution in [0.4, 0.5) is 0 Å². The average Bonchev–Trinajstić information content (AvgIpc) is 2.81. The molecule has 1 amide bonds. The van der Waals surface area contributed by atoms with E-state index in [2.05, 4.69) is 44.8 Å². The summed E-state index contributed by atoms with van der Waals surface area (Å²) in [5, 5.41) is 6.40. The number of likely N-dealkylation sites (tertiary alicyclic amines) is 1. The molecule has 2 aliphatic heterocycles. The van der Waals surface area contributed by atoms with E-state index in [4.69, 9.17) is 9.47 Å². The fourth-order valence-corrected chi connectivity index (χ4v) is 4.69. The highest BCUT2D eigenvalue weighted by atomic mass is 127. The molecule has 8 heteroatoms. The van der Waals surface area contributed by atoms with Crippen molar-refractivity contribution in [3.63, 3.8) is 0 Å². The van der Waals surface area contributed by atoms with Crippen LogP contribution < -0.4 is 15.4 Å². The van der Waals surface area contributed by atoms with Crippen molar-refractivity contribution in [1.29, 1.82) is 0 Å². The van der Waals surface area contributed by atoms with Crippen LogP contribution in [0.5, 0.6) is 5.75 Å². The highest BCUT2D eigenvalue weighted by molar-refractivity contribution is 14.0. The zero-order valence-electron chi connectivity index (χ0n) is 19.7. The lowest BCUT2D eigenvalue weighted by atomic mass is 9.74. The second kappa shape index (κ2) is 13.2. The summed E-state index contributed by atoms with van der Waals surface area (Å²) in [5.74, 6) is 2.46. The van der Waals surface area contributed by atoms with Crippen molar-refractivity contribution in [3.05, 3.63) is 29.8 Å². The van der Waals surface area contributed by atoms with E-state index in [9.17, 15) is 4.79 Å². The Labute approximate surface area is 209 Å². The van der Waals surface area contributed by atoms with Gasteiger partial charge in [-0.15, -0.1) is 24.0 Å². The predicted molar refractivity (Wildman–Crippen MR) is 139 cm³/mol. The van der Waals surface area contributed by atoms with Gasteiger partial charge in [-0.25, -0.2) is 0 Å². The highest BCUT2D eigenvalue weighted by Gasteiger charge is 2.35. The van der Waals surface area contributed by atoms with Crippen molar-refractivity contribution in [1.82, 2.24) is 15.5 Å². The zero-order chi connectivity index (χ0) is 22.1. The first kappa shape index (κ1) is 26.7. The summed E-state index contributed by atoms with van der Waals surface area (Å²) < 4.78 is 11.3. The van der Waals surface area contributed by atoms with Gasteiger partial charge in [0.05, 0.1) is 6.61 Å². The normalized spacial score (nSPS) is 19.1. The number of hydrogen-bond donors (Lipinski definition) is 2. The molecular formula is C24H39IN4O3. The molecule has 32 heavy (non-hydrogen) atoms. The molecule has 0 aliphatic carbocycles. The molecule has 0 unspecified atom stereocenters. The Kier molecular flexibility index (Phi) is 11.0. The monoisotopic (exact) mass is 558 g/mol. The quantitative estimate of drug-likeness (QED) is 0.306. The van der Waals surface area contributed by atoms with E-state index in [1.807, 2.05) is 14.0 Å². The highest BCUT2D eigenvalue weighted by Crippen LogP contribution is 2.35. The molecule has 0 saturated carbocycles. The molecule has 2 fully saturated rings. The van der Waals surface area contributed by atoms with Crippen LogP contribution in [0.15, 0.2) is 29.3 Å². The van der Waals surface area contributed by atoms with Crippen LogP contribution in [0.1, 0.15) is 44.6 Å². The molecule has 0 radical (unpaired) electrons. The summed E-state index contributed by atoms with van der Waals surface area (Å²) in [6.45, 7) is 6.92. The van der Waals surface area contributed by atoms with Gasteiger partial charge in [-0.3, -0.25) is 9.79 Å². The van der Waals surface area contributed by atoms with E-state index in [1.165, 1.54) is 5.56 Å². The first-order valence-electron chi connectivity index (χ1n) is 11.6. The molecule has 0 spiro atoms. The summed E-state index contributed by atoms with van der Waals surface area (Å²) in [6.07, 6.45) is 4.63. The topological polar surface area (TPSA) is 75.2 Å². The number of aliphatic imine (C=N–C) groups is 1. The summed E-state index contributed by atoms with van der Waals surface area (Å²) in [4.78, 5) is 18.6. The molecule has 0 atom stereocenters. The van der Waals surface area contributed by atoms with Gasteiger partial charge in [0.15, 0.2) is 5.96 Å². The second-order valence-corrected chi connectivity index (χ2v) is 8.56. The number of nitrogens with one attached hydrogen (secondary N) is 2. The third-order valence-corrected chi connectivity index (χ3v) is 6.69. The van der Waals surface area contributed by atoms with Crippen LogP contribution in [0.3, 0.4) is 0 Å². The molecule has 0 aromatic heterocycles. The van der Waals surface area contributed by atoms with Gasteiger partial charge in [-0.2, -0.15) is 0 Å². The van der Waals surface area contributed by atoms with Gasteiger partial charge in [0, 0.05) is 58.8 Å². The largest absolute Gasteiger partial charge is 0.494 e. The maximum atomic E-state index is 11.7. The Morgan fingerprint density at radius 1 is 1.22 bits per heavy atom. The summed E-state index contributed by atoms with van der Waals surface area (Å²) in [5.41, 5.74) is 1.35. The summed E-state index contributed by atoms with van der Waals surface area (Å²) in [7, 11) is 3.56. The molecule has 2 N–H and O–H groups in total. The van der Waals surface area contributed by atoms with Gasteiger partial charge in [-0.05, 0) is 56.2 Å². The zero-order valence-corrected chi connectivity index (χ0v) is 22.0. The number of ether oxygens (including phenoxy) is 2. The number of halogens is 1. The van der Waals surface area contributed by atoms with Crippen LogP contribution in [0.25, 0.3) is 0 Å². The number of benzene rings is 1. The van der Waals surface area contributed by atoms with Gasteiger partial charge in [0.1, 0.15) is 5.75 Å². The van der Waals surface area contributed by atoms with Crippen LogP contribution in [-0.2, 0) is 14.9 Å². The molecule has 3 rings (SSSR count). The lowest BCUT2D eigenvalue weighted by molar-refractivity contribution is -0.121. The fraction of sp³-hybridized carbons (Fsp3) is 0.667. The molecule has 2 aliphatic rings. The second-order valence-electron chi connectivity index (χ2n) is 8.56. The van der Waals surface area contributed by atoms with Crippen molar-refractivity contribution in [2.45, 2.75) is 44.4 Å². The lowest BCUT2D eigenvalue weighted by Gasteiger charge is -2.40. The minimum Gasteiger partial charge on any atom is -0.494 e. The number of rotatable bonds is 7. The van der Waals surface area contributed by atoms with Crippen LogP contribution in [0, 0.1) is 5.92 Å². The van der Waals surface area contributed by atoms with Crippen molar-refractivity contribution in [2.24, 2.45) is 10.9 Å². The third-order valence-electron chi connectivity index (χ3n) is 6.69. The van der Waals surface area contributed by atoms with E-state index in [1.54, 1.807) is 7.05 Å². The Morgan fingerprint density at radius 2 is 1.88 bits per heavy atom.